The highest BCUT2D eigenvalue weighted by Gasteiger charge is 2.44. The van der Waals surface area contributed by atoms with Gasteiger partial charge in [0.05, 0.1) is 35.1 Å². The van der Waals surface area contributed by atoms with E-state index in [1.165, 1.54) is 11.1 Å². The number of allylic oxidation sites excluding steroid dienone is 1. The Balaban J connectivity index is 1.63. The molecule has 0 aliphatic carbocycles. The summed E-state index contributed by atoms with van der Waals surface area (Å²) in [6, 6.07) is 8.89. The minimum absolute atomic E-state index is 0.0226. The van der Waals surface area contributed by atoms with Crippen molar-refractivity contribution < 1.29 is 17.9 Å². The first-order valence-corrected chi connectivity index (χ1v) is 17.4. The van der Waals surface area contributed by atoms with Crippen LogP contribution in [0.2, 0.25) is 0 Å². The summed E-state index contributed by atoms with van der Waals surface area (Å²) in [5, 5.41) is 0. The summed E-state index contributed by atoms with van der Waals surface area (Å²) in [6.45, 7) is 24.4. The summed E-state index contributed by atoms with van der Waals surface area (Å²) >= 11 is 0. The highest BCUT2D eigenvalue weighted by Crippen LogP contribution is 2.42. The second kappa shape index (κ2) is 14.6. The maximum atomic E-state index is 13.4. The van der Waals surface area contributed by atoms with Crippen molar-refractivity contribution >= 4 is 9.84 Å². The molecular formula is C35H56O4S. The zero-order valence-electron chi connectivity index (χ0n) is 26.3. The van der Waals surface area contributed by atoms with Gasteiger partial charge in [0.25, 0.3) is 0 Å². The van der Waals surface area contributed by atoms with E-state index in [2.05, 4.69) is 61.6 Å². The monoisotopic (exact) mass is 572 g/mol. The molecule has 0 aromatic heterocycles. The smallest absolute Gasteiger partial charge is 0.178 e. The Morgan fingerprint density at radius 2 is 1.65 bits per heavy atom. The van der Waals surface area contributed by atoms with Crippen LogP contribution in [0.3, 0.4) is 0 Å². The average molecular weight is 573 g/mol. The van der Waals surface area contributed by atoms with Gasteiger partial charge in [-0.25, -0.2) is 8.42 Å². The minimum atomic E-state index is -3.40. The fourth-order valence-electron chi connectivity index (χ4n) is 6.86. The van der Waals surface area contributed by atoms with Crippen molar-refractivity contribution in [3.63, 3.8) is 0 Å². The van der Waals surface area contributed by atoms with Gasteiger partial charge in [0.1, 0.15) is 0 Å². The van der Waals surface area contributed by atoms with Gasteiger partial charge in [-0.1, -0.05) is 84.9 Å². The third kappa shape index (κ3) is 8.79. The van der Waals surface area contributed by atoms with E-state index in [0.29, 0.717) is 28.8 Å². The van der Waals surface area contributed by atoms with Gasteiger partial charge in [0, 0.05) is 5.92 Å². The minimum Gasteiger partial charge on any atom is -0.374 e. The maximum Gasteiger partial charge on any atom is 0.178 e. The van der Waals surface area contributed by atoms with Gasteiger partial charge in [0.15, 0.2) is 9.84 Å². The molecule has 2 saturated heterocycles. The molecule has 2 heterocycles. The molecule has 3 unspecified atom stereocenters. The molecule has 0 bridgehead atoms. The standard InChI is InChI=1S/C35H56O4S/c1-10-23(2)19-34-30(9)32(22-40(36,37)31-14-12-11-13-15-31)35(39-34)21-26(5)29(8)25(4)18-24(3)16-17-33-27(6)20-28(7)38-33/h11-15,23-26,28,30,32-35H,6,8,10,16-22H2,1-5,7,9H3/t23-,24-,25?,26-,28+,30-,32-,33?,34-,35?/m1/s1. The van der Waals surface area contributed by atoms with Crippen molar-refractivity contribution in [3.05, 3.63) is 54.6 Å². The lowest BCUT2D eigenvalue weighted by Crippen LogP contribution is -2.30. The first-order chi connectivity index (χ1) is 18.8. The molecule has 0 radical (unpaired) electrons. The topological polar surface area (TPSA) is 52.6 Å². The largest absolute Gasteiger partial charge is 0.374 e. The number of rotatable bonds is 15. The number of hydrogen-bond acceptors (Lipinski definition) is 4. The van der Waals surface area contributed by atoms with Crippen molar-refractivity contribution in [2.24, 2.45) is 35.5 Å². The summed E-state index contributed by atoms with van der Waals surface area (Å²) in [5.74, 6) is 2.12. The van der Waals surface area contributed by atoms with E-state index < -0.39 is 9.84 Å². The summed E-state index contributed by atoms with van der Waals surface area (Å²) in [5.41, 5.74) is 2.50. The van der Waals surface area contributed by atoms with Gasteiger partial charge < -0.3 is 9.47 Å². The lowest BCUT2D eigenvalue weighted by Gasteiger charge is -2.28. The highest BCUT2D eigenvalue weighted by atomic mass is 32.2. The lowest BCUT2D eigenvalue weighted by atomic mass is 9.79. The van der Waals surface area contributed by atoms with Crippen LogP contribution in [0, 0.1) is 35.5 Å². The fourth-order valence-corrected chi connectivity index (χ4v) is 8.64. The first kappa shape index (κ1) is 33.1. The van der Waals surface area contributed by atoms with Crippen LogP contribution < -0.4 is 0 Å². The summed E-state index contributed by atoms with van der Waals surface area (Å²) in [6.07, 6.45) is 7.69. The van der Waals surface area contributed by atoms with Crippen LogP contribution >= 0.6 is 0 Å². The Kier molecular flexibility index (Phi) is 12.1. The summed E-state index contributed by atoms with van der Waals surface area (Å²) in [7, 11) is -3.40. The van der Waals surface area contributed by atoms with Crippen LogP contribution in [0.25, 0.3) is 0 Å². The average Bonchev–Trinajstić information content (AvgIpc) is 3.38. The van der Waals surface area contributed by atoms with Crippen molar-refractivity contribution in [2.45, 2.75) is 123 Å². The summed E-state index contributed by atoms with van der Waals surface area (Å²) in [4.78, 5) is 0.410. The molecule has 2 aliphatic rings. The van der Waals surface area contributed by atoms with Crippen molar-refractivity contribution in [3.8, 4) is 0 Å². The van der Waals surface area contributed by atoms with Crippen molar-refractivity contribution in [1.29, 1.82) is 0 Å². The molecule has 0 N–H and O–H groups in total. The molecule has 226 valence electrons. The molecular weight excluding hydrogens is 516 g/mol. The number of sulfone groups is 1. The molecule has 1 aromatic carbocycles. The second-order valence-electron chi connectivity index (χ2n) is 13.4. The number of hydrogen-bond donors (Lipinski definition) is 0. The van der Waals surface area contributed by atoms with E-state index >= 15 is 0 Å². The van der Waals surface area contributed by atoms with Gasteiger partial charge in [-0.2, -0.15) is 0 Å². The number of benzene rings is 1. The van der Waals surface area contributed by atoms with Crippen molar-refractivity contribution in [2.75, 3.05) is 5.75 Å². The molecule has 4 nitrogen and oxygen atoms in total. The van der Waals surface area contributed by atoms with Gasteiger partial charge in [-0.15, -0.1) is 0 Å². The normalized spacial score (nSPS) is 30.2. The Morgan fingerprint density at radius 3 is 2.25 bits per heavy atom. The molecule has 3 rings (SSSR count). The van der Waals surface area contributed by atoms with E-state index in [1.807, 2.05) is 6.07 Å². The predicted molar refractivity (Wildman–Crippen MR) is 167 cm³/mol. The highest BCUT2D eigenvalue weighted by molar-refractivity contribution is 7.91. The van der Waals surface area contributed by atoms with Crippen LogP contribution in [0.1, 0.15) is 93.4 Å². The van der Waals surface area contributed by atoms with Crippen LogP contribution in [0.5, 0.6) is 0 Å². The lowest BCUT2D eigenvalue weighted by molar-refractivity contribution is 0.00922. The molecule has 1 aromatic rings. The second-order valence-corrected chi connectivity index (χ2v) is 15.4. The first-order valence-electron chi connectivity index (χ1n) is 15.8. The van der Waals surface area contributed by atoms with E-state index in [1.54, 1.807) is 24.3 Å². The van der Waals surface area contributed by atoms with E-state index in [9.17, 15) is 8.42 Å². The van der Waals surface area contributed by atoms with Crippen LogP contribution in [0.15, 0.2) is 59.5 Å². The molecule has 0 spiro atoms. The zero-order valence-corrected chi connectivity index (χ0v) is 27.1. The molecule has 0 amide bonds. The molecule has 40 heavy (non-hydrogen) atoms. The van der Waals surface area contributed by atoms with E-state index in [4.69, 9.17) is 9.47 Å². The third-order valence-electron chi connectivity index (χ3n) is 9.87. The molecule has 10 atom stereocenters. The van der Waals surface area contributed by atoms with Gasteiger partial charge in [0.2, 0.25) is 0 Å². The molecule has 0 saturated carbocycles. The Labute approximate surface area is 245 Å². The summed E-state index contributed by atoms with van der Waals surface area (Å²) < 4.78 is 39.6. The van der Waals surface area contributed by atoms with Crippen LogP contribution in [-0.4, -0.2) is 38.6 Å². The SMILES string of the molecule is C=C1C[C@H](C)OC1CC[C@@H](C)CC(C)C(=C)[C@H](C)CC1O[C@H](C[C@H](C)CC)[C@H](C)[C@H]1CS(=O)(=O)c1ccccc1. The van der Waals surface area contributed by atoms with Gasteiger partial charge >= 0.3 is 0 Å². The Bertz CT molecular complexity index is 1060. The third-order valence-corrected chi connectivity index (χ3v) is 11.7. The number of ether oxygens (including phenoxy) is 2. The van der Waals surface area contributed by atoms with Crippen LogP contribution in [-0.2, 0) is 19.3 Å². The molecule has 2 fully saturated rings. The Morgan fingerprint density at radius 1 is 0.975 bits per heavy atom. The van der Waals surface area contributed by atoms with E-state index in [-0.39, 0.29) is 41.8 Å². The van der Waals surface area contributed by atoms with Crippen LogP contribution in [0.4, 0.5) is 0 Å². The van der Waals surface area contributed by atoms with Gasteiger partial charge in [-0.05, 0) is 92.7 Å². The van der Waals surface area contributed by atoms with E-state index in [0.717, 1.165) is 44.9 Å². The Hall–Kier alpha value is -1.43. The fraction of sp³-hybridized carbons (Fsp3) is 0.714. The predicted octanol–water partition coefficient (Wildman–Crippen LogP) is 8.67. The zero-order chi connectivity index (χ0) is 29.6. The van der Waals surface area contributed by atoms with Gasteiger partial charge in [-0.3, -0.25) is 0 Å². The molecule has 2 aliphatic heterocycles. The molecule has 5 heteroatoms. The quantitative estimate of drug-likeness (QED) is 0.197. The van der Waals surface area contributed by atoms with Crippen molar-refractivity contribution in [1.82, 2.24) is 0 Å². The maximum absolute atomic E-state index is 13.4.